The molecule has 0 aliphatic heterocycles. The normalized spacial score (nSPS) is 10.7. The molecule has 3 heterocycles. The van der Waals surface area contributed by atoms with Gasteiger partial charge in [-0.1, -0.05) is 30.3 Å². The molecular weight excluding hydrogens is 418 g/mol. The number of H-pyrrole nitrogens is 1. The number of nitrogens with one attached hydrogen (secondary N) is 2. The molecule has 0 unspecified atom stereocenters. The van der Waals surface area contributed by atoms with Crippen molar-refractivity contribution in [2.24, 2.45) is 0 Å². The highest BCUT2D eigenvalue weighted by atomic mass is 32.1. The molecule has 2 N–H and O–H groups in total. The summed E-state index contributed by atoms with van der Waals surface area (Å²) in [6.45, 7) is 0.482. The fraction of sp³-hybridized carbons (Fsp3) is 0.200. The molecular formula is C20H19N7O3S. The zero-order chi connectivity index (χ0) is 21.6. The van der Waals surface area contributed by atoms with Crippen molar-refractivity contribution in [2.75, 3.05) is 12.4 Å². The second kappa shape index (κ2) is 9.30. The van der Waals surface area contributed by atoms with Crippen molar-refractivity contribution in [1.82, 2.24) is 30.2 Å². The molecule has 1 aromatic carbocycles. The van der Waals surface area contributed by atoms with E-state index in [-0.39, 0.29) is 5.91 Å². The summed E-state index contributed by atoms with van der Waals surface area (Å²) in [5.74, 6) is -0.0399. The van der Waals surface area contributed by atoms with Crippen LogP contribution in [0.15, 0.2) is 48.0 Å². The number of ether oxygens (including phenoxy) is 1. The molecule has 0 aliphatic carbocycles. The van der Waals surface area contributed by atoms with E-state index in [4.69, 9.17) is 0 Å². The van der Waals surface area contributed by atoms with E-state index >= 15 is 0 Å². The highest BCUT2D eigenvalue weighted by Gasteiger charge is 2.13. The molecule has 0 spiro atoms. The number of methoxy groups -OCH3 is 1. The Kier molecular flexibility index (Phi) is 6.13. The van der Waals surface area contributed by atoms with Crippen LogP contribution in [-0.2, 0) is 16.1 Å². The number of aryl methyl sites for hydroxylation is 1. The summed E-state index contributed by atoms with van der Waals surface area (Å²) in [5, 5.41) is 17.5. The molecule has 0 fully saturated rings. The van der Waals surface area contributed by atoms with Crippen molar-refractivity contribution in [3.05, 3.63) is 53.7 Å². The van der Waals surface area contributed by atoms with E-state index in [0.717, 1.165) is 11.1 Å². The predicted octanol–water partition coefficient (Wildman–Crippen LogP) is 3.00. The number of anilines is 1. The number of thiazole rings is 1. The maximum Gasteiger partial charge on any atom is 0.354 e. The van der Waals surface area contributed by atoms with Gasteiger partial charge in [-0.2, -0.15) is 4.80 Å². The van der Waals surface area contributed by atoms with E-state index in [1.807, 2.05) is 35.7 Å². The van der Waals surface area contributed by atoms with Crippen LogP contribution in [0.5, 0.6) is 0 Å². The van der Waals surface area contributed by atoms with Crippen molar-refractivity contribution < 1.29 is 14.3 Å². The fourth-order valence-corrected chi connectivity index (χ4v) is 3.57. The van der Waals surface area contributed by atoms with Gasteiger partial charge in [-0.05, 0) is 17.7 Å². The summed E-state index contributed by atoms with van der Waals surface area (Å²) in [7, 11) is 1.32. The Morgan fingerprint density at radius 3 is 2.87 bits per heavy atom. The van der Waals surface area contributed by atoms with Crippen molar-refractivity contribution >= 4 is 28.3 Å². The third-order valence-electron chi connectivity index (χ3n) is 4.38. The first-order chi connectivity index (χ1) is 15.1. The minimum absolute atomic E-state index is 0.145. The van der Waals surface area contributed by atoms with E-state index in [1.165, 1.54) is 23.2 Å². The van der Waals surface area contributed by atoms with Gasteiger partial charge in [0.15, 0.2) is 5.13 Å². The number of tetrazole rings is 1. The molecule has 4 aromatic rings. The monoisotopic (exact) mass is 437 g/mol. The van der Waals surface area contributed by atoms with Crippen molar-refractivity contribution in [1.29, 1.82) is 0 Å². The van der Waals surface area contributed by atoms with Gasteiger partial charge < -0.3 is 15.0 Å². The standard InChI is InChI=1S/C20H19N7O3S/c1-30-19(29)15-10-14(11-21-15)16-12-31-20(22-16)23-17(28)8-5-9-27-25-18(24-26-27)13-6-3-2-4-7-13/h2-4,6-7,10-12,21H,5,8-9H2,1H3,(H,22,23,28). The maximum atomic E-state index is 12.2. The lowest BCUT2D eigenvalue weighted by atomic mass is 10.2. The van der Waals surface area contributed by atoms with Crippen LogP contribution in [0.4, 0.5) is 5.13 Å². The van der Waals surface area contributed by atoms with Gasteiger partial charge in [-0.15, -0.1) is 21.5 Å². The lowest BCUT2D eigenvalue weighted by Gasteiger charge is -2.01. The van der Waals surface area contributed by atoms with E-state index in [2.05, 4.69) is 35.4 Å². The number of nitrogens with zero attached hydrogens (tertiary/aromatic N) is 5. The Bertz CT molecular complexity index is 1180. The Labute approximate surface area is 181 Å². The average molecular weight is 437 g/mol. The highest BCUT2D eigenvalue weighted by Crippen LogP contribution is 2.25. The van der Waals surface area contributed by atoms with E-state index in [0.29, 0.717) is 41.7 Å². The molecule has 3 aromatic heterocycles. The van der Waals surface area contributed by atoms with Gasteiger partial charge >= 0.3 is 5.97 Å². The largest absolute Gasteiger partial charge is 0.464 e. The molecule has 10 nitrogen and oxygen atoms in total. The second-order valence-electron chi connectivity index (χ2n) is 6.56. The highest BCUT2D eigenvalue weighted by molar-refractivity contribution is 7.14. The van der Waals surface area contributed by atoms with Crippen LogP contribution in [0.3, 0.4) is 0 Å². The Hall–Kier alpha value is -3.86. The summed E-state index contributed by atoms with van der Waals surface area (Å²) < 4.78 is 4.68. The van der Waals surface area contributed by atoms with Crippen LogP contribution in [0.25, 0.3) is 22.6 Å². The summed E-state index contributed by atoms with van der Waals surface area (Å²) in [4.78, 5) is 32.5. The van der Waals surface area contributed by atoms with Crippen LogP contribution in [-0.4, -0.2) is 49.2 Å². The third-order valence-corrected chi connectivity index (χ3v) is 5.14. The van der Waals surface area contributed by atoms with Crippen LogP contribution < -0.4 is 5.32 Å². The van der Waals surface area contributed by atoms with E-state index in [9.17, 15) is 9.59 Å². The van der Waals surface area contributed by atoms with Gasteiger partial charge in [-0.3, -0.25) is 4.79 Å². The number of aromatic amines is 1. The van der Waals surface area contributed by atoms with Crippen LogP contribution in [0.2, 0.25) is 0 Å². The van der Waals surface area contributed by atoms with Gasteiger partial charge in [0.05, 0.1) is 19.3 Å². The van der Waals surface area contributed by atoms with Crippen LogP contribution >= 0.6 is 11.3 Å². The SMILES string of the molecule is COC(=O)c1cc(-c2csc(NC(=O)CCCn3nnc(-c4ccccc4)n3)n2)c[nH]1. The van der Waals surface area contributed by atoms with Crippen molar-refractivity contribution in [3.8, 4) is 22.6 Å². The molecule has 4 rings (SSSR count). The molecule has 0 aliphatic rings. The quantitative estimate of drug-likeness (QED) is 0.406. The predicted molar refractivity (Wildman–Crippen MR) is 114 cm³/mol. The number of aromatic nitrogens is 6. The van der Waals surface area contributed by atoms with Gasteiger partial charge in [0, 0.05) is 29.1 Å². The Morgan fingerprint density at radius 1 is 1.23 bits per heavy atom. The topological polar surface area (TPSA) is 128 Å². The number of hydrogen-bond acceptors (Lipinski definition) is 8. The van der Waals surface area contributed by atoms with E-state index < -0.39 is 5.97 Å². The molecule has 0 saturated heterocycles. The summed E-state index contributed by atoms with van der Waals surface area (Å²) >= 11 is 1.31. The Balaban J connectivity index is 1.27. The number of benzene rings is 1. The zero-order valence-corrected chi connectivity index (χ0v) is 17.4. The summed E-state index contributed by atoms with van der Waals surface area (Å²) in [6.07, 6.45) is 2.53. The fourth-order valence-electron chi connectivity index (χ4n) is 2.84. The molecule has 158 valence electrons. The lowest BCUT2D eigenvalue weighted by Crippen LogP contribution is -2.13. The molecule has 0 bridgehead atoms. The minimum Gasteiger partial charge on any atom is -0.464 e. The first kappa shape index (κ1) is 20.4. The smallest absolute Gasteiger partial charge is 0.354 e. The summed E-state index contributed by atoms with van der Waals surface area (Å²) in [5.41, 5.74) is 2.64. The van der Waals surface area contributed by atoms with Crippen molar-refractivity contribution in [2.45, 2.75) is 19.4 Å². The Morgan fingerprint density at radius 2 is 2.06 bits per heavy atom. The molecule has 0 atom stereocenters. The number of carbonyl (C=O) groups excluding carboxylic acids is 2. The van der Waals surface area contributed by atoms with Crippen molar-refractivity contribution in [3.63, 3.8) is 0 Å². The lowest BCUT2D eigenvalue weighted by molar-refractivity contribution is -0.116. The van der Waals surface area contributed by atoms with Gasteiger partial charge in [-0.25, -0.2) is 9.78 Å². The third kappa shape index (κ3) is 5.01. The first-order valence-electron chi connectivity index (χ1n) is 9.48. The molecule has 31 heavy (non-hydrogen) atoms. The maximum absolute atomic E-state index is 12.2. The van der Waals surface area contributed by atoms with E-state index in [1.54, 1.807) is 12.3 Å². The molecule has 1 amide bonds. The van der Waals surface area contributed by atoms with Crippen LogP contribution in [0.1, 0.15) is 23.3 Å². The first-order valence-corrected chi connectivity index (χ1v) is 10.4. The van der Waals surface area contributed by atoms with Gasteiger partial charge in [0.2, 0.25) is 11.7 Å². The number of amides is 1. The number of rotatable bonds is 8. The average Bonchev–Trinajstić information content (AvgIpc) is 3.54. The van der Waals surface area contributed by atoms with Gasteiger partial charge in [0.1, 0.15) is 5.69 Å². The van der Waals surface area contributed by atoms with Crippen LogP contribution in [0, 0.1) is 0 Å². The number of esters is 1. The molecule has 0 radical (unpaired) electrons. The minimum atomic E-state index is -0.451. The molecule has 11 heteroatoms. The summed E-state index contributed by atoms with van der Waals surface area (Å²) in [6, 6.07) is 11.2. The molecule has 0 saturated carbocycles. The van der Waals surface area contributed by atoms with Gasteiger partial charge in [0.25, 0.3) is 0 Å². The second-order valence-corrected chi connectivity index (χ2v) is 7.42. The number of carbonyl (C=O) groups is 2. The number of hydrogen-bond donors (Lipinski definition) is 2. The zero-order valence-electron chi connectivity index (χ0n) is 16.6.